The molecule has 0 saturated carbocycles. The maximum absolute atomic E-state index is 13.1. The first-order valence-corrected chi connectivity index (χ1v) is 13.6. The molecule has 15 nitrogen and oxygen atoms in total. The van der Waals surface area contributed by atoms with Gasteiger partial charge in [0.15, 0.2) is 5.96 Å². The minimum absolute atomic E-state index is 0. The summed E-state index contributed by atoms with van der Waals surface area (Å²) in [7, 11) is 0. The van der Waals surface area contributed by atoms with Crippen molar-refractivity contribution in [2.45, 2.75) is 64.1 Å². The van der Waals surface area contributed by atoms with E-state index in [0.717, 1.165) is 18.9 Å². The van der Waals surface area contributed by atoms with E-state index < -0.39 is 54.3 Å². The van der Waals surface area contributed by atoms with Crippen LogP contribution in [0.5, 0.6) is 5.75 Å². The number of aliphatic carboxylic acids is 1. The summed E-state index contributed by atoms with van der Waals surface area (Å²) in [4.78, 5) is 63.3. The Morgan fingerprint density at radius 3 is 1.93 bits per heavy atom. The van der Waals surface area contributed by atoms with Gasteiger partial charge in [0.05, 0.1) is 6.54 Å². The Morgan fingerprint density at radius 1 is 0.841 bits per heavy atom. The summed E-state index contributed by atoms with van der Waals surface area (Å²) < 4.78 is 0. The number of unbranched alkanes of at least 4 members (excludes halogenated alkanes) is 1. The highest BCUT2D eigenvalue weighted by atomic mass is 16.4. The lowest BCUT2D eigenvalue weighted by molar-refractivity contribution is -0.134. The highest BCUT2D eigenvalue weighted by Gasteiger charge is 2.26. The van der Waals surface area contributed by atoms with Crippen molar-refractivity contribution in [2.24, 2.45) is 22.2 Å². The van der Waals surface area contributed by atoms with Crippen molar-refractivity contribution in [1.82, 2.24) is 16.0 Å². The number of hydrogen-bond donors (Lipinski definition) is 8. The van der Waals surface area contributed by atoms with Gasteiger partial charge < -0.3 is 48.8 Å². The molecule has 0 fully saturated rings. The van der Waals surface area contributed by atoms with Gasteiger partial charge in [0.2, 0.25) is 23.6 Å². The summed E-state index contributed by atoms with van der Waals surface area (Å²) in [6.45, 7) is 2.61. The lowest BCUT2D eigenvalue weighted by atomic mass is 10.0. The predicted molar refractivity (Wildman–Crippen MR) is 164 cm³/mol. The number of nitrogens with zero attached hydrogens (tertiary/aromatic N) is 1. The molecule has 0 bridgehead atoms. The van der Waals surface area contributed by atoms with Crippen LogP contribution in [0, 0.1) is 0 Å². The maximum atomic E-state index is 13.1. The number of amides is 4. The Balaban J connectivity index is 0.00000347. The lowest BCUT2D eigenvalue weighted by Gasteiger charge is -2.21. The average molecular weight is 618 g/mol. The summed E-state index contributed by atoms with van der Waals surface area (Å²) in [6.07, 6.45) is 2.06. The van der Waals surface area contributed by atoms with E-state index in [1.807, 2.05) is 37.3 Å². The molecule has 242 valence electrons. The first-order chi connectivity index (χ1) is 20.3. The zero-order valence-electron chi connectivity index (χ0n) is 24.8. The molecule has 0 aromatic heterocycles. The number of aromatic hydroxyl groups is 1. The third kappa shape index (κ3) is 16.3. The fraction of sp³-hybridized carbons (Fsp3) is 0.379. The summed E-state index contributed by atoms with van der Waals surface area (Å²) in [6, 6.07) is 12.4. The number of nitrogens with one attached hydrogen (secondary N) is 3. The Kier molecular flexibility index (Phi) is 18.2. The smallest absolute Gasteiger partial charge is 0.300 e. The quantitative estimate of drug-likeness (QED) is 0.0882. The van der Waals surface area contributed by atoms with E-state index in [2.05, 4.69) is 20.9 Å². The largest absolute Gasteiger partial charge is 0.508 e. The lowest BCUT2D eigenvalue weighted by Crippen LogP contribution is -2.53. The van der Waals surface area contributed by atoms with Gasteiger partial charge in [-0.2, -0.15) is 0 Å². The van der Waals surface area contributed by atoms with Gasteiger partial charge in [0.25, 0.3) is 5.97 Å². The number of phenolic OH excluding ortho intramolecular Hbond substituents is 1. The molecule has 0 saturated heterocycles. The van der Waals surface area contributed by atoms with Gasteiger partial charge in [-0.05, 0) is 29.7 Å². The molecule has 0 heterocycles. The van der Waals surface area contributed by atoms with E-state index >= 15 is 0 Å². The van der Waals surface area contributed by atoms with Crippen LogP contribution in [-0.2, 0) is 36.8 Å². The second-order valence-corrected chi connectivity index (χ2v) is 9.59. The Bertz CT molecular complexity index is 1230. The molecule has 0 aliphatic rings. The van der Waals surface area contributed by atoms with Crippen LogP contribution >= 0.6 is 0 Å². The third-order valence-corrected chi connectivity index (χ3v) is 5.84. The number of guanidine groups is 1. The number of primary amides is 1. The van der Waals surface area contributed by atoms with E-state index in [1.54, 1.807) is 12.1 Å². The van der Waals surface area contributed by atoms with Crippen LogP contribution in [0.1, 0.15) is 44.2 Å². The molecule has 44 heavy (non-hydrogen) atoms. The number of nitrogens with two attached hydrogens (primary N) is 3. The van der Waals surface area contributed by atoms with Crippen molar-refractivity contribution in [2.75, 3.05) is 6.54 Å². The molecule has 2 aromatic carbocycles. The van der Waals surface area contributed by atoms with E-state index in [4.69, 9.17) is 27.1 Å². The minimum Gasteiger partial charge on any atom is -0.508 e. The van der Waals surface area contributed by atoms with Gasteiger partial charge >= 0.3 is 0 Å². The molecular weight excluding hydrogens is 574 g/mol. The number of rotatable bonds is 15. The van der Waals surface area contributed by atoms with Gasteiger partial charge in [0, 0.05) is 19.8 Å². The molecule has 0 unspecified atom stereocenters. The van der Waals surface area contributed by atoms with Crippen molar-refractivity contribution in [3.8, 4) is 5.75 Å². The van der Waals surface area contributed by atoms with Crippen molar-refractivity contribution in [1.29, 1.82) is 0 Å². The van der Waals surface area contributed by atoms with E-state index in [0.29, 0.717) is 18.4 Å². The topological polar surface area (TPSA) is 284 Å². The predicted octanol–water partition coefficient (Wildman–Crippen LogP) is -1.15. The number of phenols is 1. The van der Waals surface area contributed by atoms with Gasteiger partial charge in [0.1, 0.15) is 23.9 Å². The van der Waals surface area contributed by atoms with Gasteiger partial charge in [-0.25, -0.2) is 4.99 Å². The average Bonchev–Trinajstić information content (AvgIpc) is 2.94. The van der Waals surface area contributed by atoms with Crippen molar-refractivity contribution < 1.29 is 39.7 Å². The molecule has 0 aliphatic carbocycles. The second kappa shape index (κ2) is 20.7. The number of benzene rings is 2. The summed E-state index contributed by atoms with van der Waals surface area (Å²) >= 11 is 0. The second-order valence-electron chi connectivity index (χ2n) is 9.59. The standard InChI is InChI=1S/C27H37N7O5.C2H4O2.H2O/c1-2-3-9-20(33-26(39)22(34-27(29)30)15-18-10-12-19(35)13-11-18)25(38)31-16-23(36)32-21(24(28)37)14-17-7-5-4-6-8-17;1-2(3)4;/h4-8,10-13,20-22,35H,2-3,9,14-16H2,1H3,(H2,28,37)(H,31,38)(H,32,36)(H,33,39)(H4,29,30,34);1H3,(H,3,4);1H2/t20-,21+,22+;;/m1../s1. The number of carbonyl (C=O) groups is 5. The molecule has 13 N–H and O–H groups in total. The Morgan fingerprint density at radius 2 is 1.41 bits per heavy atom. The van der Waals surface area contributed by atoms with Crippen molar-refractivity contribution in [3.05, 3.63) is 65.7 Å². The number of carboxylic acid groups (broad SMARTS) is 1. The van der Waals surface area contributed by atoms with Crippen LogP contribution in [0.15, 0.2) is 59.6 Å². The normalized spacial score (nSPS) is 12.0. The Hall–Kier alpha value is -5.18. The first kappa shape index (κ1) is 38.8. The number of hydrogen-bond acceptors (Lipinski definition) is 7. The van der Waals surface area contributed by atoms with Crippen LogP contribution in [-0.4, -0.2) is 75.9 Å². The fourth-order valence-corrected chi connectivity index (χ4v) is 3.79. The molecular formula is C29H43N7O8. The molecule has 0 aliphatic heterocycles. The van der Waals surface area contributed by atoms with Crippen LogP contribution in [0.3, 0.4) is 0 Å². The molecule has 0 spiro atoms. The maximum Gasteiger partial charge on any atom is 0.300 e. The monoisotopic (exact) mass is 617 g/mol. The van der Waals surface area contributed by atoms with Crippen LogP contribution < -0.4 is 33.2 Å². The van der Waals surface area contributed by atoms with E-state index in [9.17, 15) is 24.3 Å². The van der Waals surface area contributed by atoms with Crippen LogP contribution in [0.4, 0.5) is 0 Å². The number of carbonyl (C=O) groups excluding carboxylic acids is 4. The van der Waals surface area contributed by atoms with Gasteiger partial charge in [-0.1, -0.05) is 62.2 Å². The van der Waals surface area contributed by atoms with Gasteiger partial charge in [-0.3, -0.25) is 24.0 Å². The first-order valence-electron chi connectivity index (χ1n) is 13.6. The van der Waals surface area contributed by atoms with Crippen LogP contribution in [0.2, 0.25) is 0 Å². The zero-order chi connectivity index (χ0) is 32.4. The third-order valence-electron chi connectivity index (χ3n) is 5.84. The number of aliphatic imine (C=N–C) groups is 1. The summed E-state index contributed by atoms with van der Waals surface area (Å²) in [5, 5.41) is 24.6. The molecule has 4 amide bonds. The van der Waals surface area contributed by atoms with Crippen LogP contribution in [0.25, 0.3) is 0 Å². The summed E-state index contributed by atoms with van der Waals surface area (Å²) in [5.74, 6) is -3.50. The SMILES string of the molecule is CC(=O)O.CCCC[C@@H](NC(=O)[C@H](Cc1ccc(O)cc1)N=C(N)N)C(=O)NCC(=O)N[C@@H](Cc1ccccc1)C(N)=O.O. The molecule has 0 radical (unpaired) electrons. The van der Waals surface area contributed by atoms with E-state index in [1.165, 1.54) is 12.1 Å². The molecule has 15 heteroatoms. The van der Waals surface area contributed by atoms with E-state index in [-0.39, 0.29) is 30.0 Å². The summed E-state index contributed by atoms with van der Waals surface area (Å²) in [5.41, 5.74) is 18.0. The Labute approximate surface area is 255 Å². The number of carboxylic acids is 1. The zero-order valence-corrected chi connectivity index (χ0v) is 24.8. The van der Waals surface area contributed by atoms with Crippen molar-refractivity contribution in [3.63, 3.8) is 0 Å². The minimum atomic E-state index is -1.02. The highest BCUT2D eigenvalue weighted by molar-refractivity contribution is 5.94. The molecule has 2 rings (SSSR count). The molecule has 2 aromatic rings. The fourth-order valence-electron chi connectivity index (χ4n) is 3.79. The van der Waals surface area contributed by atoms with Crippen molar-refractivity contribution >= 4 is 35.6 Å². The van der Waals surface area contributed by atoms with Gasteiger partial charge in [-0.15, -0.1) is 0 Å². The highest BCUT2D eigenvalue weighted by Crippen LogP contribution is 2.13. The molecule has 3 atom stereocenters.